The third kappa shape index (κ3) is 3.35. The molecule has 0 aromatic carbocycles. The van der Waals surface area contributed by atoms with E-state index in [1.165, 1.54) is 10.5 Å². The SMILES string of the molecule is CCCn1c(=N)c(C(=O)NCCOC)cc2c(=O)n3cccc(C)c3nc21. The Morgan fingerprint density at radius 2 is 2.15 bits per heavy atom. The lowest BCUT2D eigenvalue weighted by Crippen LogP contribution is -2.36. The first-order valence-electron chi connectivity index (χ1n) is 8.86. The number of ether oxygens (including phenoxy) is 1. The topological polar surface area (TPSA) is 101 Å². The fourth-order valence-corrected chi connectivity index (χ4v) is 3.07. The van der Waals surface area contributed by atoms with E-state index in [1.807, 2.05) is 19.9 Å². The second-order valence-electron chi connectivity index (χ2n) is 6.35. The zero-order valence-electron chi connectivity index (χ0n) is 15.7. The molecule has 0 unspecified atom stereocenters. The van der Waals surface area contributed by atoms with E-state index in [-0.39, 0.29) is 16.6 Å². The number of rotatable bonds is 6. The minimum atomic E-state index is -0.405. The summed E-state index contributed by atoms with van der Waals surface area (Å²) in [4.78, 5) is 30.2. The molecule has 0 saturated carbocycles. The number of amides is 1. The molecule has 0 radical (unpaired) electrons. The maximum Gasteiger partial charge on any atom is 0.267 e. The lowest BCUT2D eigenvalue weighted by Gasteiger charge is -2.14. The van der Waals surface area contributed by atoms with E-state index < -0.39 is 5.91 Å². The van der Waals surface area contributed by atoms with Crippen LogP contribution in [0, 0.1) is 12.3 Å². The average Bonchev–Trinajstić information content (AvgIpc) is 2.65. The zero-order chi connectivity index (χ0) is 19.6. The second kappa shape index (κ2) is 7.71. The molecule has 0 spiro atoms. The molecule has 27 heavy (non-hydrogen) atoms. The third-order valence-corrected chi connectivity index (χ3v) is 4.42. The van der Waals surface area contributed by atoms with Gasteiger partial charge in [-0.25, -0.2) is 4.98 Å². The molecule has 8 heteroatoms. The summed E-state index contributed by atoms with van der Waals surface area (Å²) < 4.78 is 8.05. The maximum absolute atomic E-state index is 13.0. The lowest BCUT2D eigenvalue weighted by molar-refractivity contribution is 0.0934. The molecule has 3 aromatic rings. The van der Waals surface area contributed by atoms with Gasteiger partial charge in [-0.2, -0.15) is 0 Å². The smallest absolute Gasteiger partial charge is 0.267 e. The summed E-state index contributed by atoms with van der Waals surface area (Å²) in [6, 6.07) is 5.14. The van der Waals surface area contributed by atoms with Crippen molar-refractivity contribution in [2.24, 2.45) is 0 Å². The van der Waals surface area contributed by atoms with Crippen molar-refractivity contribution in [1.29, 1.82) is 5.41 Å². The molecule has 2 N–H and O–H groups in total. The van der Waals surface area contributed by atoms with Crippen LogP contribution in [0.15, 0.2) is 29.2 Å². The highest BCUT2D eigenvalue weighted by molar-refractivity contribution is 5.96. The van der Waals surface area contributed by atoms with Crippen molar-refractivity contribution in [2.75, 3.05) is 20.3 Å². The summed E-state index contributed by atoms with van der Waals surface area (Å²) in [5.74, 6) is -0.405. The van der Waals surface area contributed by atoms with Gasteiger partial charge in [0.15, 0.2) is 0 Å². The van der Waals surface area contributed by atoms with Gasteiger partial charge in [-0.3, -0.25) is 19.4 Å². The first kappa shape index (κ1) is 18.8. The number of aromatic nitrogens is 3. The first-order chi connectivity index (χ1) is 13.0. The molecule has 0 fully saturated rings. The van der Waals surface area contributed by atoms with Crippen molar-refractivity contribution in [2.45, 2.75) is 26.8 Å². The normalized spacial score (nSPS) is 11.2. The highest BCUT2D eigenvalue weighted by Gasteiger charge is 2.17. The van der Waals surface area contributed by atoms with Crippen molar-refractivity contribution in [1.82, 2.24) is 19.3 Å². The van der Waals surface area contributed by atoms with Crippen LogP contribution in [-0.2, 0) is 11.3 Å². The number of nitrogens with zero attached hydrogens (tertiary/aromatic N) is 3. The van der Waals surface area contributed by atoms with Gasteiger partial charge in [0.1, 0.15) is 16.8 Å². The number of fused-ring (bicyclic) bond motifs is 2. The Bertz CT molecular complexity index is 1130. The molecule has 0 aliphatic carbocycles. The number of pyridine rings is 2. The predicted molar refractivity (Wildman–Crippen MR) is 102 cm³/mol. The number of aryl methyl sites for hydroxylation is 2. The Balaban J connectivity index is 2.31. The molecule has 3 aromatic heterocycles. The van der Waals surface area contributed by atoms with E-state index in [1.54, 1.807) is 23.9 Å². The quantitative estimate of drug-likeness (QED) is 0.504. The molecule has 142 valence electrons. The average molecular weight is 369 g/mol. The number of hydrogen-bond acceptors (Lipinski definition) is 5. The van der Waals surface area contributed by atoms with Gasteiger partial charge >= 0.3 is 0 Å². The molecule has 0 atom stereocenters. The molecule has 3 rings (SSSR count). The van der Waals surface area contributed by atoms with Crippen molar-refractivity contribution in [3.63, 3.8) is 0 Å². The van der Waals surface area contributed by atoms with Crippen LogP contribution in [0.5, 0.6) is 0 Å². The fraction of sp³-hybridized carbons (Fsp3) is 0.368. The van der Waals surface area contributed by atoms with Gasteiger partial charge in [0.2, 0.25) is 0 Å². The standard InChI is InChI=1S/C19H23N5O3/c1-4-8-23-15(20)13(18(25)21-7-10-27-3)11-14-17(23)22-16-12(2)6-5-9-24(16)19(14)26/h5-6,9,11,20H,4,7-8,10H2,1-3H3,(H,21,25). The van der Waals surface area contributed by atoms with Gasteiger partial charge in [-0.05, 0) is 31.0 Å². The monoisotopic (exact) mass is 369 g/mol. The summed E-state index contributed by atoms with van der Waals surface area (Å²) in [6.07, 6.45) is 2.41. The van der Waals surface area contributed by atoms with E-state index >= 15 is 0 Å². The van der Waals surface area contributed by atoms with E-state index in [2.05, 4.69) is 10.3 Å². The Kier molecular flexibility index (Phi) is 5.36. The van der Waals surface area contributed by atoms with Crippen LogP contribution in [-0.4, -0.2) is 40.1 Å². The largest absolute Gasteiger partial charge is 0.383 e. The van der Waals surface area contributed by atoms with E-state index in [4.69, 9.17) is 10.1 Å². The van der Waals surface area contributed by atoms with E-state index in [0.717, 1.165) is 12.0 Å². The molecule has 0 bridgehead atoms. The molecule has 0 saturated heterocycles. The van der Waals surface area contributed by atoms with Gasteiger partial charge in [0.05, 0.1) is 17.6 Å². The minimum Gasteiger partial charge on any atom is -0.383 e. The predicted octanol–water partition coefficient (Wildman–Crippen LogP) is 1.22. The van der Waals surface area contributed by atoms with Crippen molar-refractivity contribution in [3.8, 4) is 0 Å². The number of methoxy groups -OCH3 is 1. The van der Waals surface area contributed by atoms with Gasteiger partial charge in [0, 0.05) is 26.4 Å². The van der Waals surface area contributed by atoms with Crippen LogP contribution >= 0.6 is 0 Å². The van der Waals surface area contributed by atoms with Crippen molar-refractivity contribution >= 4 is 22.6 Å². The number of carbonyl (C=O) groups excluding carboxylic acids is 1. The Morgan fingerprint density at radius 1 is 1.37 bits per heavy atom. The van der Waals surface area contributed by atoms with Gasteiger partial charge < -0.3 is 14.6 Å². The lowest BCUT2D eigenvalue weighted by atomic mass is 10.2. The number of carbonyl (C=O) groups is 1. The summed E-state index contributed by atoms with van der Waals surface area (Å²) in [7, 11) is 1.55. The highest BCUT2D eigenvalue weighted by atomic mass is 16.5. The molecular formula is C19H23N5O3. The minimum absolute atomic E-state index is 0.0455. The van der Waals surface area contributed by atoms with Crippen molar-refractivity contribution < 1.29 is 9.53 Å². The molecule has 1 amide bonds. The van der Waals surface area contributed by atoms with Gasteiger partial charge in [0.25, 0.3) is 11.5 Å². The Hall–Kier alpha value is -3.00. The van der Waals surface area contributed by atoms with Crippen LogP contribution in [0.25, 0.3) is 16.7 Å². The molecule has 0 aliphatic rings. The van der Waals surface area contributed by atoms with Crippen LogP contribution in [0.2, 0.25) is 0 Å². The third-order valence-electron chi connectivity index (χ3n) is 4.42. The maximum atomic E-state index is 13.0. The first-order valence-corrected chi connectivity index (χ1v) is 8.86. The van der Waals surface area contributed by atoms with Crippen LogP contribution in [0.3, 0.4) is 0 Å². The van der Waals surface area contributed by atoms with Gasteiger partial charge in [-0.15, -0.1) is 0 Å². The zero-order valence-corrected chi connectivity index (χ0v) is 15.7. The highest BCUT2D eigenvalue weighted by Crippen LogP contribution is 2.13. The molecular weight excluding hydrogens is 346 g/mol. The second-order valence-corrected chi connectivity index (χ2v) is 6.35. The number of hydrogen-bond donors (Lipinski definition) is 2. The Labute approximate surface area is 155 Å². The summed E-state index contributed by atoms with van der Waals surface area (Å²) in [6.45, 7) is 5.05. The molecule has 3 heterocycles. The van der Waals surface area contributed by atoms with Crippen LogP contribution in [0.1, 0.15) is 29.3 Å². The van der Waals surface area contributed by atoms with Crippen molar-refractivity contribution in [3.05, 3.63) is 51.4 Å². The van der Waals surface area contributed by atoms with E-state index in [0.29, 0.717) is 36.4 Å². The van der Waals surface area contributed by atoms with Gasteiger partial charge in [-0.1, -0.05) is 13.0 Å². The summed E-state index contributed by atoms with van der Waals surface area (Å²) in [5, 5.41) is 11.5. The van der Waals surface area contributed by atoms with E-state index in [9.17, 15) is 9.59 Å². The Morgan fingerprint density at radius 3 is 2.85 bits per heavy atom. The van der Waals surface area contributed by atoms with Crippen LogP contribution in [0.4, 0.5) is 0 Å². The number of nitrogens with one attached hydrogen (secondary N) is 2. The summed E-state index contributed by atoms with van der Waals surface area (Å²) >= 11 is 0. The fourth-order valence-electron chi connectivity index (χ4n) is 3.07. The summed E-state index contributed by atoms with van der Waals surface area (Å²) in [5.41, 5.74) is 1.79. The van der Waals surface area contributed by atoms with Crippen LogP contribution < -0.4 is 16.4 Å². The molecule has 0 aliphatic heterocycles. The molecule has 8 nitrogen and oxygen atoms in total.